The number of thioether (sulfide) groups is 1. The molecule has 5 aromatic rings. The van der Waals surface area contributed by atoms with E-state index in [9.17, 15) is 18.8 Å². The second-order valence-corrected chi connectivity index (χ2v) is 12.1. The third-order valence-corrected chi connectivity index (χ3v) is 8.18. The molecule has 3 amide bonds. The zero-order chi connectivity index (χ0) is 32.6. The lowest BCUT2D eigenvalue weighted by atomic mass is 10.1. The van der Waals surface area contributed by atoms with E-state index in [1.165, 1.54) is 30.0 Å². The maximum Gasteiger partial charge on any atom is 0.272 e. The molecule has 3 N–H and O–H groups in total. The van der Waals surface area contributed by atoms with Crippen molar-refractivity contribution in [1.82, 2.24) is 5.32 Å². The summed E-state index contributed by atoms with van der Waals surface area (Å²) in [4.78, 5) is 39.8. The van der Waals surface area contributed by atoms with Crippen molar-refractivity contribution >= 4 is 58.5 Å². The molecule has 1 atom stereocenters. The van der Waals surface area contributed by atoms with Gasteiger partial charge in [0, 0.05) is 33.5 Å². The molecule has 0 aliphatic rings. The maximum absolute atomic E-state index is 13.7. The molecule has 0 radical (unpaired) electrons. The van der Waals surface area contributed by atoms with Gasteiger partial charge in [-0.25, -0.2) is 4.39 Å². The average Bonchev–Trinajstić information content (AvgIpc) is 3.52. The maximum atomic E-state index is 13.7. The summed E-state index contributed by atoms with van der Waals surface area (Å²) >= 11 is 7.01. The Morgan fingerprint density at radius 1 is 0.848 bits per heavy atom. The van der Waals surface area contributed by atoms with Crippen LogP contribution in [-0.2, 0) is 9.59 Å². The molecule has 5 rings (SSSR count). The predicted molar refractivity (Wildman–Crippen MR) is 181 cm³/mol. The van der Waals surface area contributed by atoms with E-state index in [-0.39, 0.29) is 16.6 Å². The molecule has 0 spiro atoms. The Morgan fingerprint density at radius 2 is 1.54 bits per heavy atom. The zero-order valence-corrected chi connectivity index (χ0v) is 26.4. The zero-order valence-electron chi connectivity index (χ0n) is 24.8. The first-order valence-corrected chi connectivity index (χ1v) is 15.5. The van der Waals surface area contributed by atoms with Crippen molar-refractivity contribution in [1.29, 1.82) is 0 Å². The van der Waals surface area contributed by atoms with Crippen molar-refractivity contribution in [3.8, 4) is 11.3 Å². The van der Waals surface area contributed by atoms with Crippen LogP contribution < -0.4 is 16.0 Å². The summed E-state index contributed by atoms with van der Waals surface area (Å²) in [5, 5.41) is 7.67. The highest BCUT2D eigenvalue weighted by Crippen LogP contribution is 2.27. The van der Waals surface area contributed by atoms with Crippen molar-refractivity contribution < 1.29 is 23.2 Å². The first kappa shape index (κ1) is 32.3. The summed E-state index contributed by atoms with van der Waals surface area (Å²) in [6.07, 6.45) is 1.48. The van der Waals surface area contributed by atoms with Gasteiger partial charge in [-0.05, 0) is 80.6 Å². The van der Waals surface area contributed by atoms with E-state index in [4.69, 9.17) is 16.0 Å². The smallest absolute Gasteiger partial charge is 0.272 e. The monoisotopic (exact) mass is 653 g/mol. The van der Waals surface area contributed by atoms with Crippen LogP contribution in [0.15, 0.2) is 124 Å². The Labute approximate surface area is 274 Å². The number of furan rings is 1. The van der Waals surface area contributed by atoms with Gasteiger partial charge in [-0.2, -0.15) is 0 Å². The van der Waals surface area contributed by atoms with Crippen LogP contribution in [0.25, 0.3) is 17.4 Å². The lowest BCUT2D eigenvalue weighted by molar-refractivity contribution is -0.115. The average molecular weight is 654 g/mol. The normalized spacial score (nSPS) is 11.9. The van der Waals surface area contributed by atoms with Gasteiger partial charge in [0.1, 0.15) is 23.0 Å². The summed E-state index contributed by atoms with van der Waals surface area (Å²) in [6, 6.07) is 30.9. The standard InChI is InChI=1S/C36H29ClFN3O4S/c1-22-8-10-24(11-9-22)33-19-15-28(45-33)21-32(41-35(43)25-6-4-3-5-7-25)36(44)39-26-12-16-29(17-13-26)46-23(2)34(42)40-27-14-18-30(37)31(38)20-27/h3-21,23H,1-2H3,(H,39,44)(H,40,42)(H,41,43)/b32-21-/t23-/m1/s1. The molecule has 0 saturated heterocycles. The highest BCUT2D eigenvalue weighted by Gasteiger charge is 2.18. The topological polar surface area (TPSA) is 100 Å². The number of carbonyl (C=O) groups excluding carboxylic acids is 3. The number of aryl methyl sites for hydroxylation is 1. The van der Waals surface area contributed by atoms with Gasteiger partial charge in [0.05, 0.1) is 10.3 Å². The van der Waals surface area contributed by atoms with Gasteiger partial charge in [0.2, 0.25) is 5.91 Å². The lowest BCUT2D eigenvalue weighted by Crippen LogP contribution is -2.30. The van der Waals surface area contributed by atoms with Crippen LogP contribution in [0.4, 0.5) is 15.8 Å². The molecule has 0 fully saturated rings. The number of benzene rings is 4. The summed E-state index contributed by atoms with van der Waals surface area (Å²) in [7, 11) is 0. The van der Waals surface area contributed by atoms with Crippen LogP contribution in [0.1, 0.15) is 28.6 Å². The number of nitrogens with one attached hydrogen (secondary N) is 3. The summed E-state index contributed by atoms with van der Waals surface area (Å²) in [5.74, 6) is -0.928. The molecule has 4 aromatic carbocycles. The van der Waals surface area contributed by atoms with E-state index in [0.717, 1.165) is 22.1 Å². The van der Waals surface area contributed by atoms with E-state index >= 15 is 0 Å². The summed E-state index contributed by atoms with van der Waals surface area (Å²) in [6.45, 7) is 3.73. The van der Waals surface area contributed by atoms with Crippen molar-refractivity contribution in [3.05, 3.63) is 143 Å². The third kappa shape index (κ3) is 8.53. The molecule has 0 bridgehead atoms. The molecule has 0 aliphatic heterocycles. The minimum Gasteiger partial charge on any atom is -0.457 e. The molecule has 0 unspecified atom stereocenters. The van der Waals surface area contributed by atoms with Gasteiger partial charge in [-0.3, -0.25) is 14.4 Å². The molecule has 46 heavy (non-hydrogen) atoms. The molecule has 7 nitrogen and oxygen atoms in total. The first-order chi connectivity index (χ1) is 22.1. The van der Waals surface area contributed by atoms with Crippen molar-refractivity contribution in [2.24, 2.45) is 0 Å². The summed E-state index contributed by atoms with van der Waals surface area (Å²) < 4.78 is 19.7. The van der Waals surface area contributed by atoms with Crippen LogP contribution in [0.2, 0.25) is 5.02 Å². The molecule has 10 heteroatoms. The second kappa shape index (κ2) is 14.8. The Balaban J connectivity index is 1.28. The minimum absolute atomic E-state index is 0.0129. The molecule has 1 heterocycles. The molecule has 232 valence electrons. The highest BCUT2D eigenvalue weighted by atomic mass is 35.5. The number of rotatable bonds is 10. The van der Waals surface area contributed by atoms with E-state index in [0.29, 0.717) is 28.5 Å². The van der Waals surface area contributed by atoms with Crippen LogP contribution in [0, 0.1) is 12.7 Å². The number of hydrogen-bond donors (Lipinski definition) is 3. The van der Waals surface area contributed by atoms with Gasteiger partial charge in [-0.15, -0.1) is 11.8 Å². The van der Waals surface area contributed by atoms with Gasteiger partial charge >= 0.3 is 0 Å². The SMILES string of the molecule is Cc1ccc(-c2ccc(/C=C(\NC(=O)c3ccccc3)C(=O)Nc3ccc(S[C@H](C)C(=O)Nc4ccc(Cl)c(F)c4)cc3)o2)cc1. The number of anilines is 2. The number of carbonyl (C=O) groups is 3. The van der Waals surface area contributed by atoms with E-state index in [1.807, 2.05) is 31.2 Å². The van der Waals surface area contributed by atoms with Crippen molar-refractivity contribution in [3.63, 3.8) is 0 Å². The van der Waals surface area contributed by atoms with Crippen LogP contribution in [-0.4, -0.2) is 23.0 Å². The fourth-order valence-electron chi connectivity index (χ4n) is 4.28. The number of hydrogen-bond acceptors (Lipinski definition) is 5. The minimum atomic E-state index is -0.619. The van der Waals surface area contributed by atoms with Crippen molar-refractivity contribution in [2.75, 3.05) is 10.6 Å². The number of halogens is 2. The Hall–Kier alpha value is -5.12. The van der Waals surface area contributed by atoms with E-state index in [2.05, 4.69) is 16.0 Å². The van der Waals surface area contributed by atoms with Crippen LogP contribution >= 0.6 is 23.4 Å². The Morgan fingerprint density at radius 3 is 2.24 bits per heavy atom. The van der Waals surface area contributed by atoms with Gasteiger partial charge < -0.3 is 20.4 Å². The van der Waals surface area contributed by atoms with Crippen LogP contribution in [0.3, 0.4) is 0 Å². The third-order valence-electron chi connectivity index (χ3n) is 6.76. The Bertz CT molecular complexity index is 1890. The van der Waals surface area contributed by atoms with Gasteiger partial charge in [0.25, 0.3) is 11.8 Å². The predicted octanol–water partition coefficient (Wildman–Crippen LogP) is 8.58. The van der Waals surface area contributed by atoms with Gasteiger partial charge in [0.15, 0.2) is 0 Å². The molecular weight excluding hydrogens is 625 g/mol. The lowest BCUT2D eigenvalue weighted by Gasteiger charge is -2.13. The molecular formula is C36H29ClFN3O4S. The number of amides is 3. The largest absolute Gasteiger partial charge is 0.457 e. The van der Waals surface area contributed by atoms with Gasteiger partial charge in [-0.1, -0.05) is 59.6 Å². The molecule has 0 aliphatic carbocycles. The van der Waals surface area contributed by atoms with Crippen molar-refractivity contribution in [2.45, 2.75) is 24.0 Å². The highest BCUT2D eigenvalue weighted by molar-refractivity contribution is 8.00. The second-order valence-electron chi connectivity index (χ2n) is 10.3. The van der Waals surface area contributed by atoms with Crippen LogP contribution in [0.5, 0.6) is 0 Å². The quantitative estimate of drug-likeness (QED) is 0.104. The fourth-order valence-corrected chi connectivity index (χ4v) is 5.26. The molecule has 1 aromatic heterocycles. The molecule has 0 saturated carbocycles. The first-order valence-electron chi connectivity index (χ1n) is 14.2. The Kier molecular flexibility index (Phi) is 10.4. The fraction of sp³-hybridized carbons (Fsp3) is 0.0833. The van der Waals surface area contributed by atoms with E-state index < -0.39 is 22.9 Å². The van der Waals surface area contributed by atoms with E-state index in [1.54, 1.807) is 73.7 Å². The summed E-state index contributed by atoms with van der Waals surface area (Å²) in [5.41, 5.74) is 3.16.